The van der Waals surface area contributed by atoms with Crippen molar-refractivity contribution in [3.8, 4) is 5.75 Å². The van der Waals surface area contributed by atoms with Crippen molar-refractivity contribution in [2.75, 3.05) is 39.8 Å². The van der Waals surface area contributed by atoms with E-state index in [1.54, 1.807) is 67.8 Å². The molecule has 2 aliphatic rings. The Morgan fingerprint density at radius 3 is 1.90 bits per heavy atom. The topological polar surface area (TPSA) is 99.6 Å². The van der Waals surface area contributed by atoms with E-state index in [0.717, 1.165) is 37.1 Å². The normalized spacial score (nSPS) is 19.1. The van der Waals surface area contributed by atoms with Crippen LogP contribution in [0, 0.1) is 13.8 Å². The number of benzene rings is 3. The highest BCUT2D eigenvalue weighted by atomic mass is 32.2. The Bertz CT molecular complexity index is 1600. The number of nitrogens with zero attached hydrogens (tertiary/aromatic N) is 4. The second kappa shape index (κ2) is 11.9. The van der Waals surface area contributed by atoms with Gasteiger partial charge in [-0.3, -0.25) is 4.90 Å². The number of methoxy groups -OCH3 is 1. The van der Waals surface area contributed by atoms with Gasteiger partial charge in [-0.05, 0) is 81.7 Å². The van der Waals surface area contributed by atoms with Crippen molar-refractivity contribution in [1.82, 2.24) is 14.1 Å². The molecule has 0 amide bonds. The van der Waals surface area contributed by atoms with E-state index in [9.17, 15) is 16.8 Å². The van der Waals surface area contributed by atoms with Crippen LogP contribution in [0.25, 0.3) is 0 Å². The zero-order valence-corrected chi connectivity index (χ0v) is 25.2. The number of likely N-dealkylation sites (tertiary alicyclic amines) is 1. The summed E-state index contributed by atoms with van der Waals surface area (Å²) in [5.41, 5.74) is 2.60. The van der Waals surface area contributed by atoms with Gasteiger partial charge in [-0.2, -0.15) is 12.7 Å². The van der Waals surface area contributed by atoms with E-state index in [1.807, 2.05) is 30.9 Å². The molecule has 9 nitrogen and oxygen atoms in total. The van der Waals surface area contributed by atoms with E-state index in [4.69, 9.17) is 4.74 Å². The van der Waals surface area contributed by atoms with Crippen molar-refractivity contribution >= 4 is 25.9 Å². The van der Waals surface area contributed by atoms with Gasteiger partial charge in [0.25, 0.3) is 10.0 Å². The van der Waals surface area contributed by atoms with Crippen LogP contribution in [0.5, 0.6) is 5.75 Å². The van der Waals surface area contributed by atoms with E-state index in [2.05, 4.69) is 9.30 Å². The Morgan fingerprint density at radius 1 is 0.780 bits per heavy atom. The number of hydrogen-bond acceptors (Lipinski definition) is 6. The SMILES string of the molecule is COc1ccc(C2N(/C(CN3CCCC3)=N\S(=O)(=O)c3ccc(C)cc3)CCN2S(=O)(=O)c2ccc(C)cc2)cc1. The Morgan fingerprint density at radius 2 is 1.34 bits per heavy atom. The average molecular weight is 597 g/mol. The van der Waals surface area contributed by atoms with Gasteiger partial charge in [0.2, 0.25) is 10.0 Å². The Balaban J connectivity index is 1.61. The maximum Gasteiger partial charge on any atom is 0.283 e. The number of hydrogen-bond donors (Lipinski definition) is 0. The zero-order valence-electron chi connectivity index (χ0n) is 23.6. The Hall–Kier alpha value is -3.25. The van der Waals surface area contributed by atoms with Crippen LogP contribution in [0.2, 0.25) is 0 Å². The van der Waals surface area contributed by atoms with Crippen LogP contribution in [0.15, 0.2) is 87.0 Å². The minimum atomic E-state index is -4.05. The molecule has 0 spiro atoms. The summed E-state index contributed by atoms with van der Waals surface area (Å²) in [6, 6.07) is 20.6. The molecule has 0 aliphatic carbocycles. The predicted molar refractivity (Wildman–Crippen MR) is 159 cm³/mol. The van der Waals surface area contributed by atoms with Gasteiger partial charge in [0.05, 0.1) is 23.4 Å². The van der Waals surface area contributed by atoms with Gasteiger partial charge in [0.15, 0.2) is 0 Å². The lowest BCUT2D eigenvalue weighted by Gasteiger charge is -2.33. The van der Waals surface area contributed by atoms with Crippen LogP contribution < -0.4 is 4.74 Å². The van der Waals surface area contributed by atoms with Gasteiger partial charge in [0, 0.05) is 13.1 Å². The molecule has 1 atom stereocenters. The quantitative estimate of drug-likeness (QED) is 0.284. The molecular weight excluding hydrogens is 560 g/mol. The van der Waals surface area contributed by atoms with Gasteiger partial charge in [-0.25, -0.2) is 8.42 Å². The molecule has 2 saturated heterocycles. The van der Waals surface area contributed by atoms with Gasteiger partial charge in [-0.15, -0.1) is 4.40 Å². The third-order valence-corrected chi connectivity index (χ3v) is 10.8. The molecule has 0 saturated carbocycles. The molecule has 218 valence electrons. The van der Waals surface area contributed by atoms with Crippen LogP contribution in [-0.4, -0.2) is 76.6 Å². The lowest BCUT2D eigenvalue weighted by molar-refractivity contribution is 0.271. The van der Waals surface area contributed by atoms with Crippen molar-refractivity contribution in [2.24, 2.45) is 4.40 Å². The molecule has 0 aromatic heterocycles. The summed E-state index contributed by atoms with van der Waals surface area (Å²) in [4.78, 5) is 4.30. The summed E-state index contributed by atoms with van der Waals surface area (Å²) >= 11 is 0. The maximum absolute atomic E-state index is 14.0. The highest BCUT2D eigenvalue weighted by Crippen LogP contribution is 2.36. The van der Waals surface area contributed by atoms with Crippen molar-refractivity contribution in [1.29, 1.82) is 0 Å². The highest BCUT2D eigenvalue weighted by Gasteiger charge is 2.43. The number of aryl methyl sites for hydroxylation is 2. The minimum absolute atomic E-state index is 0.103. The molecule has 0 bridgehead atoms. The largest absolute Gasteiger partial charge is 0.497 e. The average Bonchev–Trinajstić information content (AvgIpc) is 3.64. The second-order valence-electron chi connectivity index (χ2n) is 10.5. The second-order valence-corrected chi connectivity index (χ2v) is 14.0. The van der Waals surface area contributed by atoms with Crippen molar-refractivity contribution in [2.45, 2.75) is 42.6 Å². The van der Waals surface area contributed by atoms with Gasteiger partial charge in [0.1, 0.15) is 17.8 Å². The van der Waals surface area contributed by atoms with Gasteiger partial charge in [-0.1, -0.05) is 47.5 Å². The summed E-state index contributed by atoms with van der Waals surface area (Å²) in [6.45, 7) is 6.23. The summed E-state index contributed by atoms with van der Waals surface area (Å²) in [7, 11) is -6.40. The standard InChI is InChI=1S/C30H36N4O5S2/c1-23-6-14-27(15-7-23)40(35,36)31-29(22-32-18-4-5-19-32)33-20-21-34(30(33)25-10-12-26(39-3)13-11-25)41(37,38)28-16-8-24(2)9-17-28/h6-17,30H,4-5,18-22H2,1-3H3/b31-29-. The number of sulfonamides is 2. The molecular formula is C30H36N4O5S2. The molecule has 2 fully saturated rings. The Kier molecular flexibility index (Phi) is 8.51. The van der Waals surface area contributed by atoms with Gasteiger partial charge >= 0.3 is 0 Å². The maximum atomic E-state index is 14.0. The molecule has 5 rings (SSSR count). The lowest BCUT2D eigenvalue weighted by atomic mass is 10.1. The number of amidine groups is 1. The van der Waals surface area contributed by atoms with Crippen molar-refractivity contribution < 1.29 is 21.6 Å². The molecule has 2 aliphatic heterocycles. The van der Waals surface area contributed by atoms with Gasteiger partial charge < -0.3 is 9.64 Å². The summed E-state index contributed by atoms with van der Waals surface area (Å²) in [5.74, 6) is 0.967. The van der Waals surface area contributed by atoms with E-state index in [0.29, 0.717) is 23.7 Å². The lowest BCUT2D eigenvalue weighted by Crippen LogP contribution is -2.42. The molecule has 41 heavy (non-hydrogen) atoms. The first kappa shape index (κ1) is 29.2. The van der Waals surface area contributed by atoms with Crippen LogP contribution >= 0.6 is 0 Å². The molecule has 0 radical (unpaired) electrons. The van der Waals surface area contributed by atoms with Crippen molar-refractivity contribution in [3.05, 3.63) is 89.5 Å². The van der Waals surface area contributed by atoms with Crippen molar-refractivity contribution in [3.63, 3.8) is 0 Å². The molecule has 0 N–H and O–H groups in total. The highest BCUT2D eigenvalue weighted by molar-refractivity contribution is 7.90. The number of ether oxygens (including phenoxy) is 1. The van der Waals surface area contributed by atoms with Crippen LogP contribution in [0.1, 0.15) is 35.7 Å². The monoisotopic (exact) mass is 596 g/mol. The molecule has 11 heteroatoms. The van der Waals surface area contributed by atoms with E-state index < -0.39 is 26.2 Å². The molecule has 2 heterocycles. The first-order valence-corrected chi connectivity index (χ1v) is 16.6. The zero-order chi connectivity index (χ0) is 29.2. The third-order valence-electron chi connectivity index (χ3n) is 7.61. The fourth-order valence-electron chi connectivity index (χ4n) is 5.31. The fourth-order valence-corrected chi connectivity index (χ4v) is 7.91. The third kappa shape index (κ3) is 6.33. The van der Waals surface area contributed by atoms with E-state index in [1.165, 1.54) is 4.31 Å². The van der Waals surface area contributed by atoms with E-state index in [-0.39, 0.29) is 22.9 Å². The predicted octanol–water partition coefficient (Wildman–Crippen LogP) is 4.20. The molecule has 1 unspecified atom stereocenters. The van der Waals surface area contributed by atoms with Crippen LogP contribution in [-0.2, 0) is 20.0 Å². The minimum Gasteiger partial charge on any atom is -0.497 e. The Labute approximate surface area is 243 Å². The first-order valence-electron chi connectivity index (χ1n) is 13.7. The van der Waals surface area contributed by atoms with E-state index >= 15 is 0 Å². The summed E-state index contributed by atoms with van der Waals surface area (Å²) in [5, 5.41) is 0. The summed E-state index contributed by atoms with van der Waals surface area (Å²) in [6.07, 6.45) is 1.25. The first-order chi connectivity index (χ1) is 19.6. The fraction of sp³-hybridized carbons (Fsp3) is 0.367. The van der Waals surface area contributed by atoms with Crippen LogP contribution in [0.4, 0.5) is 0 Å². The summed E-state index contributed by atoms with van der Waals surface area (Å²) < 4.78 is 66.3. The van der Waals surface area contributed by atoms with Crippen LogP contribution in [0.3, 0.4) is 0 Å². The molecule has 3 aromatic rings. The molecule has 3 aromatic carbocycles. The smallest absolute Gasteiger partial charge is 0.283 e. The number of rotatable bonds is 8.